The van der Waals surface area contributed by atoms with Crippen molar-refractivity contribution in [3.05, 3.63) is 35.4 Å². The molecule has 1 aromatic rings. The molecule has 0 radical (unpaired) electrons. The molecule has 4 nitrogen and oxygen atoms in total. The van der Waals surface area contributed by atoms with Crippen molar-refractivity contribution in [2.24, 2.45) is 0 Å². The first-order valence-electron chi connectivity index (χ1n) is 6.68. The quantitative estimate of drug-likeness (QED) is 0.756. The van der Waals surface area contributed by atoms with Crippen LogP contribution in [0.3, 0.4) is 0 Å². The standard InChI is InChI=1S/C15H17NO3/c1-19-15(18)13-7-4-8-16(13)14(17)12-9-10-5-2-3-6-11(10)12/h2-3,5-6,12-13H,4,7-9H2,1H3. The van der Waals surface area contributed by atoms with Gasteiger partial charge in [-0.2, -0.15) is 0 Å². The zero-order chi connectivity index (χ0) is 13.4. The SMILES string of the molecule is COC(=O)C1CCCN1C(=O)C1Cc2ccccc21. The average Bonchev–Trinajstić information content (AvgIpc) is 2.88. The van der Waals surface area contributed by atoms with Gasteiger partial charge in [0.15, 0.2) is 0 Å². The molecule has 2 unspecified atom stereocenters. The van der Waals surface area contributed by atoms with E-state index < -0.39 is 0 Å². The predicted molar refractivity (Wildman–Crippen MR) is 69.6 cm³/mol. The lowest BCUT2D eigenvalue weighted by atomic mass is 9.77. The van der Waals surface area contributed by atoms with Crippen molar-refractivity contribution in [3.8, 4) is 0 Å². The Kier molecular flexibility index (Phi) is 3.01. The van der Waals surface area contributed by atoms with Crippen molar-refractivity contribution >= 4 is 11.9 Å². The highest BCUT2D eigenvalue weighted by Gasteiger charge is 2.41. The fraction of sp³-hybridized carbons (Fsp3) is 0.467. The molecule has 0 N–H and O–H groups in total. The lowest BCUT2D eigenvalue weighted by molar-refractivity contribution is -0.151. The van der Waals surface area contributed by atoms with Crippen LogP contribution in [0.4, 0.5) is 0 Å². The number of likely N-dealkylation sites (tertiary alicyclic amines) is 1. The maximum atomic E-state index is 12.5. The van der Waals surface area contributed by atoms with E-state index >= 15 is 0 Å². The van der Waals surface area contributed by atoms with Crippen LogP contribution in [0.15, 0.2) is 24.3 Å². The smallest absolute Gasteiger partial charge is 0.328 e. The second kappa shape index (κ2) is 4.68. The van der Waals surface area contributed by atoms with Gasteiger partial charge < -0.3 is 9.64 Å². The molecule has 0 spiro atoms. The Balaban J connectivity index is 1.77. The molecular weight excluding hydrogens is 242 g/mol. The minimum Gasteiger partial charge on any atom is -0.467 e. The molecule has 1 amide bonds. The molecule has 1 fully saturated rings. The molecule has 1 aromatic carbocycles. The zero-order valence-corrected chi connectivity index (χ0v) is 11.0. The summed E-state index contributed by atoms with van der Waals surface area (Å²) in [5, 5.41) is 0. The molecule has 1 saturated heterocycles. The first kappa shape index (κ1) is 12.2. The summed E-state index contributed by atoms with van der Waals surface area (Å²) in [6.07, 6.45) is 2.38. The Labute approximate surface area is 112 Å². The third kappa shape index (κ3) is 1.91. The number of fused-ring (bicyclic) bond motifs is 1. The number of benzene rings is 1. The number of nitrogens with zero attached hydrogens (tertiary/aromatic N) is 1. The van der Waals surface area contributed by atoms with Gasteiger partial charge in [0.25, 0.3) is 0 Å². The van der Waals surface area contributed by atoms with Gasteiger partial charge in [0, 0.05) is 6.54 Å². The van der Waals surface area contributed by atoms with Crippen LogP contribution >= 0.6 is 0 Å². The van der Waals surface area contributed by atoms with Gasteiger partial charge in [0.05, 0.1) is 13.0 Å². The van der Waals surface area contributed by atoms with Gasteiger partial charge in [-0.25, -0.2) is 4.79 Å². The van der Waals surface area contributed by atoms with Crippen LogP contribution < -0.4 is 0 Å². The van der Waals surface area contributed by atoms with Crippen LogP contribution in [-0.4, -0.2) is 36.5 Å². The number of hydrogen-bond donors (Lipinski definition) is 0. The second-order valence-corrected chi connectivity index (χ2v) is 5.17. The highest BCUT2D eigenvalue weighted by Crippen LogP contribution is 2.37. The molecule has 1 aliphatic carbocycles. The third-order valence-electron chi connectivity index (χ3n) is 4.16. The Bertz CT molecular complexity index is 526. The number of methoxy groups -OCH3 is 1. The summed E-state index contributed by atoms with van der Waals surface area (Å²) < 4.78 is 4.78. The molecule has 2 aliphatic rings. The lowest BCUT2D eigenvalue weighted by Crippen LogP contribution is -2.45. The summed E-state index contributed by atoms with van der Waals surface area (Å²) in [5.74, 6) is -0.286. The van der Waals surface area contributed by atoms with Crippen molar-refractivity contribution in [1.29, 1.82) is 0 Å². The van der Waals surface area contributed by atoms with E-state index in [9.17, 15) is 9.59 Å². The molecule has 4 heteroatoms. The van der Waals surface area contributed by atoms with Gasteiger partial charge in [-0.05, 0) is 30.4 Å². The van der Waals surface area contributed by atoms with E-state index in [1.165, 1.54) is 12.7 Å². The Morgan fingerprint density at radius 1 is 1.32 bits per heavy atom. The largest absolute Gasteiger partial charge is 0.467 e. The number of esters is 1. The predicted octanol–water partition coefficient (Wildman–Crippen LogP) is 1.49. The van der Waals surface area contributed by atoms with Gasteiger partial charge in [-0.1, -0.05) is 24.3 Å². The zero-order valence-electron chi connectivity index (χ0n) is 11.0. The number of carbonyl (C=O) groups excluding carboxylic acids is 2. The van der Waals surface area contributed by atoms with E-state index in [0.717, 1.165) is 18.4 Å². The summed E-state index contributed by atoms with van der Waals surface area (Å²) in [5.41, 5.74) is 2.36. The molecule has 0 saturated carbocycles. The summed E-state index contributed by atoms with van der Waals surface area (Å²) >= 11 is 0. The summed E-state index contributed by atoms with van der Waals surface area (Å²) in [4.78, 5) is 25.9. The second-order valence-electron chi connectivity index (χ2n) is 5.17. The van der Waals surface area contributed by atoms with Crippen LogP contribution in [-0.2, 0) is 20.7 Å². The van der Waals surface area contributed by atoms with Gasteiger partial charge in [-0.15, -0.1) is 0 Å². The Morgan fingerprint density at radius 3 is 2.84 bits per heavy atom. The highest BCUT2D eigenvalue weighted by atomic mass is 16.5. The van der Waals surface area contributed by atoms with Crippen molar-refractivity contribution in [1.82, 2.24) is 4.90 Å². The van der Waals surface area contributed by atoms with Crippen molar-refractivity contribution in [2.45, 2.75) is 31.2 Å². The average molecular weight is 259 g/mol. The van der Waals surface area contributed by atoms with Gasteiger partial charge in [0.1, 0.15) is 6.04 Å². The topological polar surface area (TPSA) is 46.6 Å². The molecule has 100 valence electrons. The number of carbonyl (C=O) groups is 2. The highest BCUT2D eigenvalue weighted by molar-refractivity contribution is 5.91. The van der Waals surface area contributed by atoms with E-state index in [1.54, 1.807) is 4.90 Å². The Hall–Kier alpha value is -1.84. The van der Waals surface area contributed by atoms with Crippen LogP contribution in [0.25, 0.3) is 0 Å². The summed E-state index contributed by atoms with van der Waals surface area (Å²) in [7, 11) is 1.38. The minimum absolute atomic E-state index is 0.0681. The monoisotopic (exact) mass is 259 g/mol. The number of amides is 1. The van der Waals surface area contributed by atoms with E-state index in [2.05, 4.69) is 6.07 Å². The molecule has 1 heterocycles. The number of hydrogen-bond acceptors (Lipinski definition) is 3. The molecule has 0 aromatic heterocycles. The minimum atomic E-state index is -0.384. The normalized spacial score (nSPS) is 24.6. The molecule has 2 atom stereocenters. The molecule has 3 rings (SSSR count). The van der Waals surface area contributed by atoms with Gasteiger partial charge in [-0.3, -0.25) is 4.79 Å². The summed E-state index contributed by atoms with van der Waals surface area (Å²) in [6, 6.07) is 7.63. The van der Waals surface area contributed by atoms with Crippen molar-refractivity contribution < 1.29 is 14.3 Å². The first-order chi connectivity index (χ1) is 9.22. The van der Waals surface area contributed by atoms with Crippen LogP contribution in [0, 0.1) is 0 Å². The lowest BCUT2D eigenvalue weighted by Gasteiger charge is -2.34. The molecule has 0 bridgehead atoms. The van der Waals surface area contributed by atoms with Gasteiger partial charge >= 0.3 is 5.97 Å². The van der Waals surface area contributed by atoms with E-state index in [-0.39, 0.29) is 23.8 Å². The van der Waals surface area contributed by atoms with E-state index in [1.807, 2.05) is 18.2 Å². The fourth-order valence-corrected chi connectivity index (χ4v) is 3.09. The maximum Gasteiger partial charge on any atom is 0.328 e. The van der Waals surface area contributed by atoms with E-state index in [4.69, 9.17) is 4.74 Å². The Morgan fingerprint density at radius 2 is 2.11 bits per heavy atom. The van der Waals surface area contributed by atoms with Crippen LogP contribution in [0.5, 0.6) is 0 Å². The maximum absolute atomic E-state index is 12.5. The van der Waals surface area contributed by atoms with Crippen LogP contribution in [0.1, 0.15) is 29.9 Å². The third-order valence-corrected chi connectivity index (χ3v) is 4.16. The van der Waals surface area contributed by atoms with E-state index in [0.29, 0.717) is 13.0 Å². The van der Waals surface area contributed by atoms with Crippen molar-refractivity contribution in [3.63, 3.8) is 0 Å². The number of rotatable bonds is 2. The molecule has 19 heavy (non-hydrogen) atoms. The first-order valence-corrected chi connectivity index (χ1v) is 6.68. The summed E-state index contributed by atoms with van der Waals surface area (Å²) in [6.45, 7) is 0.664. The van der Waals surface area contributed by atoms with Crippen LogP contribution in [0.2, 0.25) is 0 Å². The number of ether oxygens (including phenoxy) is 1. The molecule has 1 aliphatic heterocycles. The molecular formula is C15H17NO3. The van der Waals surface area contributed by atoms with Crippen molar-refractivity contribution in [2.75, 3.05) is 13.7 Å². The fourth-order valence-electron chi connectivity index (χ4n) is 3.09. The van der Waals surface area contributed by atoms with Gasteiger partial charge in [0.2, 0.25) is 5.91 Å².